The summed E-state index contributed by atoms with van der Waals surface area (Å²) in [6.45, 7) is 4.77. The molecule has 0 saturated carbocycles. The number of thiazole rings is 1. The van der Waals surface area contributed by atoms with Crippen LogP contribution in [0.5, 0.6) is 0 Å². The molecule has 4 aromatic rings. The molecule has 7 nitrogen and oxygen atoms in total. The fourth-order valence-corrected chi connectivity index (χ4v) is 4.40. The molecule has 0 saturated heterocycles. The van der Waals surface area contributed by atoms with Crippen LogP contribution in [-0.4, -0.2) is 36.4 Å². The van der Waals surface area contributed by atoms with E-state index in [1.54, 1.807) is 12.4 Å². The number of carbonyl (C=O) groups excluding carboxylic acids is 1. The van der Waals surface area contributed by atoms with Crippen LogP contribution in [0.3, 0.4) is 0 Å². The van der Waals surface area contributed by atoms with E-state index in [1.807, 2.05) is 60.2 Å². The van der Waals surface area contributed by atoms with Gasteiger partial charge in [0, 0.05) is 35.4 Å². The highest BCUT2D eigenvalue weighted by Gasteiger charge is 2.15. The molecule has 0 atom stereocenters. The van der Waals surface area contributed by atoms with Gasteiger partial charge in [-0.1, -0.05) is 41.6 Å². The van der Waals surface area contributed by atoms with Gasteiger partial charge in [0.15, 0.2) is 16.1 Å². The molecule has 0 radical (unpaired) electrons. The summed E-state index contributed by atoms with van der Waals surface area (Å²) in [7, 11) is 0. The Hall–Kier alpha value is -3.04. The highest BCUT2D eigenvalue weighted by Crippen LogP contribution is 2.26. The van der Waals surface area contributed by atoms with Gasteiger partial charge in [-0.05, 0) is 26.0 Å². The largest absolute Gasteiger partial charge is 0.302 e. The highest BCUT2D eigenvalue weighted by molar-refractivity contribution is 7.99. The normalized spacial score (nSPS) is 10.9. The van der Waals surface area contributed by atoms with E-state index >= 15 is 0 Å². The molecule has 0 aliphatic heterocycles. The van der Waals surface area contributed by atoms with E-state index in [0.29, 0.717) is 16.8 Å². The van der Waals surface area contributed by atoms with E-state index in [4.69, 9.17) is 0 Å². The number of aryl methyl sites for hydroxylation is 1. The number of nitrogens with zero attached hydrogens (tertiary/aromatic N) is 5. The number of hydrogen-bond donors (Lipinski definition) is 1. The van der Waals surface area contributed by atoms with Crippen molar-refractivity contribution in [2.75, 3.05) is 11.1 Å². The van der Waals surface area contributed by atoms with Crippen molar-refractivity contribution in [2.45, 2.75) is 25.5 Å². The monoisotopic (exact) mass is 436 g/mol. The van der Waals surface area contributed by atoms with Crippen molar-refractivity contribution in [3.8, 4) is 22.6 Å². The summed E-state index contributed by atoms with van der Waals surface area (Å²) >= 11 is 2.77. The van der Waals surface area contributed by atoms with Crippen molar-refractivity contribution in [1.82, 2.24) is 24.7 Å². The molecule has 152 valence electrons. The lowest BCUT2D eigenvalue weighted by Gasteiger charge is -2.07. The summed E-state index contributed by atoms with van der Waals surface area (Å²) < 4.78 is 1.98. The fourth-order valence-electron chi connectivity index (χ4n) is 2.86. The number of thioether (sulfide) groups is 1. The number of nitrogens with one attached hydrogen (secondary N) is 1. The van der Waals surface area contributed by atoms with Crippen molar-refractivity contribution < 1.29 is 4.79 Å². The zero-order valence-corrected chi connectivity index (χ0v) is 18.2. The van der Waals surface area contributed by atoms with Crippen LogP contribution in [0.1, 0.15) is 12.5 Å². The lowest BCUT2D eigenvalue weighted by molar-refractivity contribution is -0.113. The van der Waals surface area contributed by atoms with Gasteiger partial charge < -0.3 is 9.88 Å². The quantitative estimate of drug-likeness (QED) is 0.429. The van der Waals surface area contributed by atoms with E-state index in [1.165, 1.54) is 28.7 Å². The summed E-state index contributed by atoms with van der Waals surface area (Å²) in [5.41, 5.74) is 3.99. The molecule has 4 rings (SSSR count). The highest BCUT2D eigenvalue weighted by atomic mass is 32.2. The second-order valence-corrected chi connectivity index (χ2v) is 8.33. The van der Waals surface area contributed by atoms with Crippen LogP contribution < -0.4 is 5.32 Å². The van der Waals surface area contributed by atoms with E-state index < -0.39 is 0 Å². The van der Waals surface area contributed by atoms with Crippen molar-refractivity contribution in [1.29, 1.82) is 0 Å². The molecule has 3 aromatic heterocycles. The molecule has 0 bridgehead atoms. The van der Waals surface area contributed by atoms with Crippen molar-refractivity contribution in [2.24, 2.45) is 0 Å². The van der Waals surface area contributed by atoms with Crippen LogP contribution >= 0.6 is 23.1 Å². The molecule has 0 aliphatic rings. The maximum absolute atomic E-state index is 12.4. The van der Waals surface area contributed by atoms with Crippen LogP contribution in [0.25, 0.3) is 22.6 Å². The van der Waals surface area contributed by atoms with Crippen molar-refractivity contribution in [3.05, 3.63) is 59.7 Å². The van der Waals surface area contributed by atoms with Gasteiger partial charge in [-0.3, -0.25) is 9.78 Å². The van der Waals surface area contributed by atoms with Gasteiger partial charge in [-0.25, -0.2) is 4.98 Å². The minimum atomic E-state index is -0.126. The van der Waals surface area contributed by atoms with Gasteiger partial charge in [0.05, 0.1) is 11.4 Å². The standard InChI is InChI=1S/C21H20N6OS2/c1-3-27-19(16-5-4-10-22-11-16)25-26-21(27)30-13-18(28)24-20-23-17(12-29-20)15-8-6-14(2)7-9-15/h4-12H,3,13H2,1-2H3,(H,23,24,28). The second-order valence-electron chi connectivity index (χ2n) is 6.53. The van der Waals surface area contributed by atoms with Crippen LogP contribution in [0, 0.1) is 6.92 Å². The topological polar surface area (TPSA) is 85.6 Å². The van der Waals surface area contributed by atoms with E-state index in [-0.39, 0.29) is 11.7 Å². The molecule has 0 fully saturated rings. The Balaban J connectivity index is 1.39. The van der Waals surface area contributed by atoms with Crippen LogP contribution in [-0.2, 0) is 11.3 Å². The second kappa shape index (κ2) is 9.19. The SMILES string of the molecule is CCn1c(SCC(=O)Nc2nc(-c3ccc(C)cc3)cs2)nnc1-c1cccnc1. The number of rotatable bonds is 7. The lowest BCUT2D eigenvalue weighted by Crippen LogP contribution is -2.14. The minimum Gasteiger partial charge on any atom is -0.302 e. The lowest BCUT2D eigenvalue weighted by atomic mass is 10.1. The first-order valence-electron chi connectivity index (χ1n) is 9.43. The van der Waals surface area contributed by atoms with Crippen molar-refractivity contribution >= 4 is 34.1 Å². The first-order valence-corrected chi connectivity index (χ1v) is 11.3. The molecule has 30 heavy (non-hydrogen) atoms. The van der Waals surface area contributed by atoms with E-state index in [0.717, 1.165) is 22.6 Å². The zero-order valence-electron chi connectivity index (χ0n) is 16.6. The molecule has 0 aliphatic carbocycles. The summed E-state index contributed by atoms with van der Waals surface area (Å²) in [5.74, 6) is 0.847. The van der Waals surface area contributed by atoms with Gasteiger partial charge >= 0.3 is 0 Å². The average Bonchev–Trinajstić information content (AvgIpc) is 3.40. The van der Waals surface area contributed by atoms with Crippen LogP contribution in [0.4, 0.5) is 5.13 Å². The Labute approximate surface area is 182 Å². The molecule has 0 unspecified atom stereocenters. The smallest absolute Gasteiger partial charge is 0.236 e. The third kappa shape index (κ3) is 4.58. The molecule has 9 heteroatoms. The zero-order chi connectivity index (χ0) is 20.9. The van der Waals surface area contributed by atoms with Gasteiger partial charge in [-0.15, -0.1) is 21.5 Å². The molecule has 0 spiro atoms. The number of pyridine rings is 1. The predicted molar refractivity (Wildman–Crippen MR) is 121 cm³/mol. The molecule has 1 aromatic carbocycles. The molecule has 3 heterocycles. The number of benzene rings is 1. The fraction of sp³-hybridized carbons (Fsp3) is 0.190. The molecular weight excluding hydrogens is 416 g/mol. The number of anilines is 1. The maximum atomic E-state index is 12.4. The average molecular weight is 437 g/mol. The molecular formula is C21H20N6OS2. The minimum absolute atomic E-state index is 0.126. The third-order valence-corrected chi connectivity index (χ3v) is 6.11. The van der Waals surface area contributed by atoms with Gasteiger partial charge in [0.25, 0.3) is 0 Å². The number of aromatic nitrogens is 5. The first-order chi connectivity index (χ1) is 14.6. The van der Waals surface area contributed by atoms with Crippen molar-refractivity contribution in [3.63, 3.8) is 0 Å². The summed E-state index contributed by atoms with van der Waals surface area (Å²) in [4.78, 5) is 21.1. The third-order valence-electron chi connectivity index (χ3n) is 4.38. The van der Waals surface area contributed by atoms with E-state index in [2.05, 4.69) is 25.5 Å². The summed E-state index contributed by atoms with van der Waals surface area (Å²) in [6.07, 6.45) is 3.48. The molecule has 1 N–H and O–H groups in total. The summed E-state index contributed by atoms with van der Waals surface area (Å²) in [5, 5.41) is 14.6. The number of carbonyl (C=O) groups is 1. The number of hydrogen-bond acceptors (Lipinski definition) is 7. The first kappa shape index (κ1) is 20.2. The Bertz CT molecular complexity index is 1140. The number of amides is 1. The Morgan fingerprint density at radius 3 is 2.73 bits per heavy atom. The van der Waals surface area contributed by atoms with Crippen LogP contribution in [0.2, 0.25) is 0 Å². The Kier molecular flexibility index (Phi) is 6.20. The Morgan fingerprint density at radius 2 is 2.00 bits per heavy atom. The molecule has 1 amide bonds. The van der Waals surface area contributed by atoms with Gasteiger partial charge in [-0.2, -0.15) is 0 Å². The summed E-state index contributed by atoms with van der Waals surface area (Å²) in [6, 6.07) is 12.0. The predicted octanol–water partition coefficient (Wildman–Crippen LogP) is 4.52. The van der Waals surface area contributed by atoms with E-state index in [9.17, 15) is 4.79 Å². The van der Waals surface area contributed by atoms with Gasteiger partial charge in [0.2, 0.25) is 5.91 Å². The Morgan fingerprint density at radius 1 is 1.17 bits per heavy atom. The van der Waals surface area contributed by atoms with Crippen LogP contribution in [0.15, 0.2) is 59.3 Å². The maximum Gasteiger partial charge on any atom is 0.236 e. The van der Waals surface area contributed by atoms with Gasteiger partial charge in [0.1, 0.15) is 0 Å².